The maximum Gasteiger partial charge on any atom is 0.327 e. The highest BCUT2D eigenvalue weighted by Gasteiger charge is 2.50. The topological polar surface area (TPSA) is 112 Å². The second-order valence-corrected chi connectivity index (χ2v) is 9.74. The Hall–Kier alpha value is -2.78. The molecule has 0 radical (unpaired) electrons. The molecule has 8 nitrogen and oxygen atoms in total. The number of nitrogens with one attached hydrogen (secondary N) is 1. The van der Waals surface area contributed by atoms with E-state index in [1.807, 2.05) is 30.3 Å². The molecule has 3 rings (SSSR count). The van der Waals surface area contributed by atoms with Crippen LogP contribution in [0.2, 0.25) is 0 Å². The van der Waals surface area contributed by atoms with Gasteiger partial charge in [0.05, 0.1) is 11.9 Å². The molecule has 1 aromatic carbocycles. The Morgan fingerprint density at radius 1 is 1.19 bits per heavy atom. The van der Waals surface area contributed by atoms with Gasteiger partial charge in [-0.2, -0.15) is 0 Å². The van der Waals surface area contributed by atoms with Crippen LogP contribution in [-0.4, -0.2) is 66.3 Å². The smallest absolute Gasteiger partial charge is 0.327 e. The van der Waals surface area contributed by atoms with Gasteiger partial charge < -0.3 is 25.0 Å². The van der Waals surface area contributed by atoms with Crippen molar-refractivity contribution in [3.05, 3.63) is 59.9 Å². The lowest BCUT2D eigenvalue weighted by Gasteiger charge is -2.31. The summed E-state index contributed by atoms with van der Waals surface area (Å²) in [5.74, 6) is -2.10. The van der Waals surface area contributed by atoms with Crippen molar-refractivity contribution in [1.29, 1.82) is 0 Å². The number of aliphatic hydroxyl groups is 1. The lowest BCUT2D eigenvalue weighted by Crippen LogP contribution is -2.57. The quantitative estimate of drug-likeness (QED) is 0.595. The monoisotopic (exact) mass is 445 g/mol. The Balaban J connectivity index is 1.85. The van der Waals surface area contributed by atoms with E-state index in [2.05, 4.69) is 5.32 Å². The number of thioether (sulfide) groups is 1. The molecule has 166 valence electrons. The third-order valence-electron chi connectivity index (χ3n) is 5.49. The number of rotatable bonds is 7. The predicted molar refractivity (Wildman–Crippen MR) is 118 cm³/mol. The number of carbonyl (C=O) groups excluding carboxylic acids is 2. The molecular weight excluding hydrogens is 418 g/mol. The zero-order valence-corrected chi connectivity index (χ0v) is 18.5. The number of carboxylic acid groups (broad SMARTS) is 1. The molecule has 2 aromatic rings. The average Bonchev–Trinajstić information content (AvgIpc) is 3.29. The Bertz CT molecular complexity index is 959. The van der Waals surface area contributed by atoms with E-state index < -0.39 is 40.7 Å². The minimum Gasteiger partial charge on any atom is -0.480 e. The highest BCUT2D eigenvalue weighted by atomic mass is 32.2. The third kappa shape index (κ3) is 4.94. The SMILES string of the molecule is Cn1cccc1C(=O)NC(Cc1ccccc1)C(O)C(=O)N1CSC(C)(C)C1C(=O)O. The largest absolute Gasteiger partial charge is 0.480 e. The van der Waals surface area contributed by atoms with Gasteiger partial charge in [0.25, 0.3) is 11.8 Å². The Morgan fingerprint density at radius 3 is 2.45 bits per heavy atom. The standard InChI is InChI=1S/C22H27N3O5S/c1-22(2)18(21(29)30)25(13-31-22)20(28)17(26)15(12-14-8-5-4-6-9-14)23-19(27)16-10-7-11-24(16)3/h4-11,15,17-18,26H,12-13H2,1-3H3,(H,23,27)(H,29,30). The van der Waals surface area contributed by atoms with E-state index in [9.17, 15) is 24.6 Å². The van der Waals surface area contributed by atoms with Crippen LogP contribution < -0.4 is 5.32 Å². The number of carboxylic acids is 1. The average molecular weight is 446 g/mol. The highest BCUT2D eigenvalue weighted by Crippen LogP contribution is 2.39. The van der Waals surface area contributed by atoms with Crippen molar-refractivity contribution in [3.8, 4) is 0 Å². The van der Waals surface area contributed by atoms with Crippen molar-refractivity contribution in [2.75, 3.05) is 5.88 Å². The lowest BCUT2D eigenvalue weighted by atomic mass is 9.97. The number of aryl methyl sites for hydroxylation is 1. The zero-order chi connectivity index (χ0) is 22.8. The summed E-state index contributed by atoms with van der Waals surface area (Å²) >= 11 is 1.34. The number of hydrogen-bond acceptors (Lipinski definition) is 5. The van der Waals surface area contributed by atoms with Gasteiger partial charge in [-0.3, -0.25) is 9.59 Å². The number of aliphatic hydroxyl groups excluding tert-OH is 1. The number of nitrogens with zero attached hydrogens (tertiary/aromatic N) is 2. The Labute approximate surface area is 185 Å². The molecule has 9 heteroatoms. The molecule has 0 bridgehead atoms. The van der Waals surface area contributed by atoms with Crippen molar-refractivity contribution >= 4 is 29.5 Å². The summed E-state index contributed by atoms with van der Waals surface area (Å²) in [5.41, 5.74) is 1.22. The molecule has 3 atom stereocenters. The minimum atomic E-state index is -1.60. The van der Waals surface area contributed by atoms with Crippen molar-refractivity contribution in [2.24, 2.45) is 7.05 Å². The molecule has 2 heterocycles. The van der Waals surface area contributed by atoms with Gasteiger partial charge in [-0.15, -0.1) is 11.8 Å². The van der Waals surface area contributed by atoms with E-state index in [-0.39, 0.29) is 12.3 Å². The maximum atomic E-state index is 13.2. The summed E-state index contributed by atoms with van der Waals surface area (Å²) in [4.78, 5) is 39.0. The maximum absolute atomic E-state index is 13.2. The number of hydrogen-bond donors (Lipinski definition) is 3. The fraction of sp³-hybridized carbons (Fsp3) is 0.409. The van der Waals surface area contributed by atoms with E-state index in [1.54, 1.807) is 43.8 Å². The van der Waals surface area contributed by atoms with Gasteiger partial charge in [-0.1, -0.05) is 30.3 Å². The van der Waals surface area contributed by atoms with E-state index in [1.165, 1.54) is 16.7 Å². The molecule has 1 aromatic heterocycles. The normalized spacial score (nSPS) is 19.6. The fourth-order valence-electron chi connectivity index (χ4n) is 3.78. The van der Waals surface area contributed by atoms with Gasteiger partial charge in [0, 0.05) is 18.0 Å². The van der Waals surface area contributed by atoms with E-state index in [4.69, 9.17) is 0 Å². The summed E-state index contributed by atoms with van der Waals surface area (Å²) in [7, 11) is 1.73. The molecule has 1 saturated heterocycles. The summed E-state index contributed by atoms with van der Waals surface area (Å²) in [6, 6.07) is 10.6. The summed E-state index contributed by atoms with van der Waals surface area (Å²) in [6.45, 7) is 3.52. The van der Waals surface area contributed by atoms with Gasteiger partial charge >= 0.3 is 5.97 Å². The van der Waals surface area contributed by atoms with Crippen LogP contribution in [0.25, 0.3) is 0 Å². The molecule has 0 aliphatic carbocycles. The number of amides is 2. The molecule has 2 amide bonds. The molecular formula is C22H27N3O5S. The molecule has 0 spiro atoms. The van der Waals surface area contributed by atoms with Gasteiger partial charge in [0.2, 0.25) is 0 Å². The fourth-order valence-corrected chi connectivity index (χ4v) is 4.91. The summed E-state index contributed by atoms with van der Waals surface area (Å²) in [5, 5.41) is 23.4. The number of aromatic nitrogens is 1. The predicted octanol–water partition coefficient (Wildman–Crippen LogP) is 1.49. The number of aliphatic carboxylic acids is 1. The zero-order valence-electron chi connectivity index (χ0n) is 17.7. The van der Waals surface area contributed by atoms with Crippen LogP contribution in [0.4, 0.5) is 0 Å². The van der Waals surface area contributed by atoms with Crippen molar-refractivity contribution in [2.45, 2.75) is 43.2 Å². The van der Waals surface area contributed by atoms with Crippen LogP contribution in [0.1, 0.15) is 29.9 Å². The lowest BCUT2D eigenvalue weighted by molar-refractivity contribution is -0.154. The summed E-state index contributed by atoms with van der Waals surface area (Å²) < 4.78 is 0.950. The first kappa shape index (κ1) is 22.9. The minimum absolute atomic E-state index is 0.156. The van der Waals surface area contributed by atoms with E-state index in [0.29, 0.717) is 5.69 Å². The first-order valence-electron chi connectivity index (χ1n) is 9.93. The molecule has 3 N–H and O–H groups in total. The second kappa shape index (κ2) is 9.15. The number of benzene rings is 1. The molecule has 1 fully saturated rings. The first-order chi connectivity index (χ1) is 14.6. The van der Waals surface area contributed by atoms with Crippen molar-refractivity contribution < 1.29 is 24.6 Å². The second-order valence-electron chi connectivity index (χ2n) is 8.14. The molecule has 31 heavy (non-hydrogen) atoms. The first-order valence-corrected chi connectivity index (χ1v) is 10.9. The van der Waals surface area contributed by atoms with Gasteiger partial charge in [-0.05, 0) is 38.0 Å². The van der Waals surface area contributed by atoms with E-state index >= 15 is 0 Å². The van der Waals surface area contributed by atoms with Crippen LogP contribution in [0.3, 0.4) is 0 Å². The molecule has 1 aliphatic heterocycles. The third-order valence-corrected chi connectivity index (χ3v) is 6.86. The van der Waals surface area contributed by atoms with Crippen LogP contribution >= 0.6 is 11.8 Å². The van der Waals surface area contributed by atoms with E-state index in [0.717, 1.165) is 5.56 Å². The highest BCUT2D eigenvalue weighted by molar-refractivity contribution is 8.00. The summed E-state index contributed by atoms with van der Waals surface area (Å²) in [6.07, 6.45) is 0.344. The van der Waals surface area contributed by atoms with Gasteiger partial charge in [0.1, 0.15) is 11.7 Å². The van der Waals surface area contributed by atoms with Gasteiger partial charge in [0.15, 0.2) is 6.10 Å². The van der Waals surface area contributed by atoms with Gasteiger partial charge in [-0.25, -0.2) is 4.79 Å². The number of carbonyl (C=O) groups is 3. The van der Waals surface area contributed by atoms with Crippen LogP contribution in [-0.2, 0) is 23.1 Å². The van der Waals surface area contributed by atoms with Crippen LogP contribution in [0, 0.1) is 0 Å². The van der Waals surface area contributed by atoms with Crippen molar-refractivity contribution in [3.63, 3.8) is 0 Å². The van der Waals surface area contributed by atoms with Crippen molar-refractivity contribution in [1.82, 2.24) is 14.8 Å². The molecule has 3 unspecified atom stereocenters. The molecule has 0 saturated carbocycles. The van der Waals surface area contributed by atoms with Crippen LogP contribution in [0.15, 0.2) is 48.7 Å². The van der Waals surface area contributed by atoms with Crippen LogP contribution in [0.5, 0.6) is 0 Å². The molecule has 1 aliphatic rings. The Morgan fingerprint density at radius 2 is 1.87 bits per heavy atom. The Kier molecular flexibility index (Phi) is 6.76.